The Morgan fingerprint density at radius 1 is 0.955 bits per heavy atom. The van der Waals surface area contributed by atoms with Crippen LogP contribution < -0.4 is 19.7 Å². The Morgan fingerprint density at radius 3 is 2.55 bits per heavy atom. The van der Waals surface area contributed by atoms with Gasteiger partial charge in [0.05, 0.1) is 49.4 Å². The van der Waals surface area contributed by atoms with E-state index in [0.29, 0.717) is 37.3 Å². The van der Waals surface area contributed by atoms with Gasteiger partial charge in [0.1, 0.15) is 17.7 Å². The van der Waals surface area contributed by atoms with E-state index in [0.717, 1.165) is 59.5 Å². The average molecular weight is 607 g/mol. The van der Waals surface area contributed by atoms with Gasteiger partial charge in [0.2, 0.25) is 0 Å². The van der Waals surface area contributed by atoms with E-state index in [1.54, 1.807) is 27.5 Å². The number of rotatable bonds is 19. The third-order valence-electron chi connectivity index (χ3n) is 7.15. The summed E-state index contributed by atoms with van der Waals surface area (Å²) in [6, 6.07) is 12.3. The molecule has 0 aliphatic rings. The molecule has 11 heteroatoms. The molecule has 0 fully saturated rings. The number of ether oxygens (including phenoxy) is 5. The number of nitrogens with one attached hydrogen (secondary N) is 1. The van der Waals surface area contributed by atoms with Crippen LogP contribution in [-0.4, -0.2) is 80.2 Å². The molecule has 0 bridgehead atoms. The molecular formula is C33H46N6O5. The number of nitrogens with zero attached hydrogens (tertiary/aromatic N) is 5. The summed E-state index contributed by atoms with van der Waals surface area (Å²) in [5.41, 5.74) is 5.14. The molecule has 238 valence electrons. The Kier molecular flexibility index (Phi) is 12.7. The molecule has 4 rings (SSSR count). The van der Waals surface area contributed by atoms with Gasteiger partial charge in [0.15, 0.2) is 6.79 Å². The summed E-state index contributed by atoms with van der Waals surface area (Å²) in [5, 5.41) is 8.09. The highest BCUT2D eigenvalue weighted by Crippen LogP contribution is 2.34. The highest BCUT2D eigenvalue weighted by molar-refractivity contribution is 5.82. The highest BCUT2D eigenvalue weighted by atomic mass is 16.7. The Morgan fingerprint density at radius 2 is 1.80 bits per heavy atom. The molecule has 1 atom stereocenters. The van der Waals surface area contributed by atoms with Gasteiger partial charge in [-0.3, -0.25) is 4.98 Å². The average Bonchev–Trinajstić information content (AvgIpc) is 3.53. The molecule has 11 nitrogen and oxygen atoms in total. The second-order valence-electron chi connectivity index (χ2n) is 10.8. The number of methoxy groups -OCH3 is 3. The molecule has 2 aromatic heterocycles. The lowest BCUT2D eigenvalue weighted by Gasteiger charge is -2.27. The standard InChI is InChI=1S/C33H46N6O5/c1-7-8-9-33(42-6)39-22-25(20-36-39)32-21-35-30-11-10-26(18-31(30)37-32)38(13-12-34-24(2)3)27-16-28(41-5)19-29(17-27)44-23-43-15-14-40-4/h10-11,16-22,24,33-34H,7-9,12-15,23H2,1-6H3. The van der Waals surface area contributed by atoms with Crippen molar-refractivity contribution in [1.82, 2.24) is 25.1 Å². The molecule has 0 amide bonds. The number of anilines is 2. The maximum Gasteiger partial charge on any atom is 0.189 e. The fourth-order valence-corrected chi connectivity index (χ4v) is 4.77. The van der Waals surface area contributed by atoms with Gasteiger partial charge in [0.25, 0.3) is 0 Å². The van der Waals surface area contributed by atoms with Gasteiger partial charge in [-0.2, -0.15) is 5.10 Å². The van der Waals surface area contributed by atoms with E-state index in [4.69, 9.17) is 33.7 Å². The van der Waals surface area contributed by atoms with E-state index in [2.05, 4.69) is 48.2 Å². The SMILES string of the molecule is CCCCC(OC)n1cc(-c2cnc3ccc(N(CCNC(C)C)c4cc(OC)cc(OCOCCOC)c4)cc3n2)cn1. The van der Waals surface area contributed by atoms with Crippen molar-refractivity contribution < 1.29 is 23.7 Å². The molecule has 4 aromatic rings. The van der Waals surface area contributed by atoms with Crippen LogP contribution in [0.5, 0.6) is 11.5 Å². The van der Waals surface area contributed by atoms with Crippen molar-refractivity contribution in [3.8, 4) is 22.8 Å². The van der Waals surface area contributed by atoms with Gasteiger partial charge in [-0.05, 0) is 31.0 Å². The number of benzene rings is 2. The molecule has 0 saturated carbocycles. The predicted molar refractivity (Wildman–Crippen MR) is 173 cm³/mol. The predicted octanol–water partition coefficient (Wildman–Crippen LogP) is 5.97. The quantitative estimate of drug-likeness (QED) is 0.101. The summed E-state index contributed by atoms with van der Waals surface area (Å²) in [4.78, 5) is 11.9. The number of hydrogen-bond acceptors (Lipinski definition) is 10. The Balaban J connectivity index is 1.65. The molecule has 0 spiro atoms. The molecule has 1 N–H and O–H groups in total. The van der Waals surface area contributed by atoms with Gasteiger partial charge in [-0.15, -0.1) is 0 Å². The first kappa shape index (κ1) is 33.1. The zero-order chi connectivity index (χ0) is 31.3. The Bertz CT molecular complexity index is 1450. The summed E-state index contributed by atoms with van der Waals surface area (Å²) in [6.07, 6.45) is 8.55. The minimum absolute atomic E-state index is 0.106. The zero-order valence-electron chi connectivity index (χ0n) is 26.8. The van der Waals surface area contributed by atoms with Crippen LogP contribution in [-0.2, 0) is 14.2 Å². The summed E-state index contributed by atoms with van der Waals surface area (Å²) in [7, 11) is 5.01. The molecule has 44 heavy (non-hydrogen) atoms. The maximum atomic E-state index is 5.91. The van der Waals surface area contributed by atoms with Gasteiger partial charge >= 0.3 is 0 Å². The first-order chi connectivity index (χ1) is 21.4. The van der Waals surface area contributed by atoms with Crippen LogP contribution in [0.3, 0.4) is 0 Å². The van der Waals surface area contributed by atoms with Crippen molar-refractivity contribution in [2.45, 2.75) is 52.3 Å². The Labute approximate surface area is 260 Å². The normalized spacial score (nSPS) is 12.2. The maximum absolute atomic E-state index is 5.91. The first-order valence-corrected chi connectivity index (χ1v) is 15.2. The summed E-state index contributed by atoms with van der Waals surface area (Å²) in [6.45, 7) is 8.99. The van der Waals surface area contributed by atoms with Crippen LogP contribution in [0.4, 0.5) is 11.4 Å². The lowest BCUT2D eigenvalue weighted by molar-refractivity contribution is -0.00851. The summed E-state index contributed by atoms with van der Waals surface area (Å²) in [5.74, 6) is 1.33. The fourth-order valence-electron chi connectivity index (χ4n) is 4.77. The van der Waals surface area contributed by atoms with Crippen molar-refractivity contribution in [1.29, 1.82) is 0 Å². The molecule has 1 unspecified atom stereocenters. The largest absolute Gasteiger partial charge is 0.497 e. The van der Waals surface area contributed by atoms with E-state index in [9.17, 15) is 0 Å². The third-order valence-corrected chi connectivity index (χ3v) is 7.15. The first-order valence-electron chi connectivity index (χ1n) is 15.2. The summed E-state index contributed by atoms with van der Waals surface area (Å²) < 4.78 is 29.6. The number of aromatic nitrogens is 4. The molecule has 0 saturated heterocycles. The second kappa shape index (κ2) is 16.9. The van der Waals surface area contributed by atoms with E-state index in [1.807, 2.05) is 41.3 Å². The van der Waals surface area contributed by atoms with Crippen molar-refractivity contribution in [2.75, 3.05) is 59.3 Å². The lowest BCUT2D eigenvalue weighted by atomic mass is 10.2. The molecule has 0 radical (unpaired) electrons. The van der Waals surface area contributed by atoms with Crippen LogP contribution >= 0.6 is 0 Å². The third kappa shape index (κ3) is 9.12. The fraction of sp³-hybridized carbons (Fsp3) is 0.485. The van der Waals surface area contributed by atoms with E-state index < -0.39 is 0 Å². The van der Waals surface area contributed by atoms with Crippen LogP contribution in [0, 0.1) is 0 Å². The lowest BCUT2D eigenvalue weighted by Crippen LogP contribution is -2.32. The summed E-state index contributed by atoms with van der Waals surface area (Å²) >= 11 is 0. The molecule has 0 aliphatic heterocycles. The minimum Gasteiger partial charge on any atom is -0.497 e. The number of fused-ring (bicyclic) bond motifs is 1. The van der Waals surface area contributed by atoms with Crippen molar-refractivity contribution in [2.24, 2.45) is 0 Å². The minimum atomic E-state index is -0.106. The van der Waals surface area contributed by atoms with E-state index >= 15 is 0 Å². The molecule has 0 aliphatic carbocycles. The zero-order valence-corrected chi connectivity index (χ0v) is 26.8. The van der Waals surface area contributed by atoms with Crippen LogP contribution in [0.15, 0.2) is 55.0 Å². The van der Waals surface area contributed by atoms with Crippen LogP contribution in [0.1, 0.15) is 46.3 Å². The Hall–Kier alpha value is -3.77. The van der Waals surface area contributed by atoms with Crippen LogP contribution in [0.25, 0.3) is 22.3 Å². The number of unbranched alkanes of at least 4 members (excludes halogenated alkanes) is 1. The van der Waals surface area contributed by atoms with Crippen molar-refractivity contribution in [3.05, 3.63) is 55.0 Å². The van der Waals surface area contributed by atoms with Gasteiger partial charge in [0, 0.05) is 74.7 Å². The molecular weight excluding hydrogens is 560 g/mol. The van der Waals surface area contributed by atoms with Crippen LogP contribution in [0.2, 0.25) is 0 Å². The monoisotopic (exact) mass is 606 g/mol. The van der Waals surface area contributed by atoms with E-state index in [1.165, 1.54) is 0 Å². The second-order valence-corrected chi connectivity index (χ2v) is 10.8. The van der Waals surface area contributed by atoms with E-state index in [-0.39, 0.29) is 13.0 Å². The van der Waals surface area contributed by atoms with Crippen molar-refractivity contribution in [3.63, 3.8) is 0 Å². The highest BCUT2D eigenvalue weighted by Gasteiger charge is 2.16. The smallest absolute Gasteiger partial charge is 0.189 e. The van der Waals surface area contributed by atoms with Gasteiger partial charge in [-0.1, -0.05) is 27.2 Å². The van der Waals surface area contributed by atoms with Gasteiger partial charge in [-0.25, -0.2) is 9.67 Å². The molecule has 2 heterocycles. The van der Waals surface area contributed by atoms with Crippen molar-refractivity contribution >= 4 is 22.4 Å². The molecule has 2 aromatic carbocycles. The van der Waals surface area contributed by atoms with Gasteiger partial charge < -0.3 is 33.9 Å². The number of hydrogen-bond donors (Lipinski definition) is 1. The topological polar surface area (TPSA) is 105 Å².